The highest BCUT2D eigenvalue weighted by molar-refractivity contribution is 7.91. The summed E-state index contributed by atoms with van der Waals surface area (Å²) in [5, 5.41) is 5.02. The van der Waals surface area contributed by atoms with E-state index in [1.54, 1.807) is 20.8 Å². The molecule has 108 valence electrons. The van der Waals surface area contributed by atoms with Gasteiger partial charge in [-0.2, -0.15) is 13.1 Å². The van der Waals surface area contributed by atoms with Gasteiger partial charge in [-0.15, -0.1) is 0 Å². The van der Waals surface area contributed by atoms with E-state index in [4.69, 9.17) is 5.14 Å². The van der Waals surface area contributed by atoms with Crippen molar-refractivity contribution in [3.8, 4) is 0 Å². The summed E-state index contributed by atoms with van der Waals surface area (Å²) in [4.78, 5) is -0.283. The molecule has 0 aliphatic rings. The van der Waals surface area contributed by atoms with Crippen molar-refractivity contribution in [3.05, 3.63) is 24.3 Å². The van der Waals surface area contributed by atoms with Gasteiger partial charge in [0, 0.05) is 5.54 Å². The molecule has 0 atom stereocenters. The number of benzene rings is 1. The highest BCUT2D eigenvalue weighted by Crippen LogP contribution is 2.20. The smallest absolute Gasteiger partial charge is 0.270 e. The zero-order chi connectivity index (χ0) is 14.9. The fourth-order valence-corrected chi connectivity index (χ4v) is 3.46. The third-order valence-corrected chi connectivity index (χ3v) is 4.22. The van der Waals surface area contributed by atoms with Crippen molar-refractivity contribution in [1.29, 1.82) is 0 Å². The molecule has 0 heterocycles. The summed E-state index contributed by atoms with van der Waals surface area (Å²) in [6.45, 7) is 4.99. The molecule has 0 bridgehead atoms. The Morgan fingerprint density at radius 3 is 2.05 bits per heavy atom. The molecule has 0 fully saturated rings. The Bertz CT molecular complexity index is 660. The van der Waals surface area contributed by atoms with Gasteiger partial charge < -0.3 is 0 Å². The molecular weight excluding hydrogens is 290 g/mol. The summed E-state index contributed by atoms with van der Waals surface area (Å²) in [5.74, 6) is 0. The molecule has 0 aliphatic carbocycles. The van der Waals surface area contributed by atoms with E-state index in [0.717, 1.165) is 0 Å². The third-order valence-electron chi connectivity index (χ3n) is 1.88. The van der Waals surface area contributed by atoms with Crippen molar-refractivity contribution in [3.63, 3.8) is 0 Å². The number of nitrogens with one attached hydrogen (secondary N) is 2. The maximum atomic E-state index is 11.8. The summed E-state index contributed by atoms with van der Waals surface area (Å²) >= 11 is 0. The van der Waals surface area contributed by atoms with Crippen LogP contribution in [0.3, 0.4) is 0 Å². The van der Waals surface area contributed by atoms with Gasteiger partial charge in [0.05, 0.1) is 5.69 Å². The quantitative estimate of drug-likeness (QED) is 0.745. The molecule has 0 aliphatic heterocycles. The summed E-state index contributed by atoms with van der Waals surface area (Å²) in [7, 11) is -7.90. The molecule has 0 amide bonds. The van der Waals surface area contributed by atoms with Crippen molar-refractivity contribution in [2.45, 2.75) is 31.2 Å². The number of sulfonamides is 1. The highest BCUT2D eigenvalue weighted by atomic mass is 32.2. The molecule has 0 unspecified atom stereocenters. The molecule has 7 nitrogen and oxygen atoms in total. The molecule has 0 saturated carbocycles. The average molecular weight is 307 g/mol. The zero-order valence-corrected chi connectivity index (χ0v) is 12.5. The van der Waals surface area contributed by atoms with E-state index in [1.807, 2.05) is 0 Å². The van der Waals surface area contributed by atoms with E-state index in [-0.39, 0.29) is 10.6 Å². The van der Waals surface area contributed by atoms with Crippen LogP contribution in [0.1, 0.15) is 20.8 Å². The number of hydrogen-bond acceptors (Lipinski definition) is 4. The largest absolute Gasteiger partial charge is 0.299 e. The topological polar surface area (TPSA) is 118 Å². The summed E-state index contributed by atoms with van der Waals surface area (Å²) in [6.07, 6.45) is 0. The van der Waals surface area contributed by atoms with Crippen molar-refractivity contribution in [2.75, 3.05) is 4.72 Å². The van der Waals surface area contributed by atoms with Crippen LogP contribution in [-0.2, 0) is 20.2 Å². The third kappa shape index (κ3) is 5.15. The van der Waals surface area contributed by atoms with Crippen molar-refractivity contribution >= 4 is 25.9 Å². The van der Waals surface area contributed by atoms with Gasteiger partial charge in [0.2, 0.25) is 10.0 Å². The Morgan fingerprint density at radius 2 is 1.58 bits per heavy atom. The first-order valence-electron chi connectivity index (χ1n) is 5.34. The summed E-state index contributed by atoms with van der Waals surface area (Å²) < 4.78 is 50.9. The molecule has 9 heteroatoms. The normalized spacial score (nSPS) is 13.3. The van der Waals surface area contributed by atoms with E-state index >= 15 is 0 Å². The van der Waals surface area contributed by atoms with Crippen LogP contribution in [-0.4, -0.2) is 22.4 Å². The predicted molar refractivity (Wildman–Crippen MR) is 73.2 cm³/mol. The minimum absolute atomic E-state index is 0.0956. The van der Waals surface area contributed by atoms with Crippen molar-refractivity contribution in [1.82, 2.24) is 4.72 Å². The lowest BCUT2D eigenvalue weighted by molar-refractivity contribution is 0.494. The van der Waals surface area contributed by atoms with Gasteiger partial charge in [0.25, 0.3) is 10.2 Å². The van der Waals surface area contributed by atoms with E-state index in [0.29, 0.717) is 0 Å². The fraction of sp³-hybridized carbons (Fsp3) is 0.400. The van der Waals surface area contributed by atoms with E-state index in [2.05, 4.69) is 9.44 Å². The Labute approximate surface area is 113 Å². The van der Waals surface area contributed by atoms with Crippen LogP contribution in [0.15, 0.2) is 29.2 Å². The van der Waals surface area contributed by atoms with Crippen LogP contribution in [0.2, 0.25) is 0 Å². The lowest BCUT2D eigenvalue weighted by Crippen LogP contribution is -2.43. The first-order chi connectivity index (χ1) is 8.41. The van der Waals surface area contributed by atoms with Gasteiger partial charge in [-0.3, -0.25) is 4.72 Å². The SMILES string of the molecule is CC(C)(C)NS(=O)(=O)Nc1ccccc1S(N)(=O)=O. The number of rotatable bonds is 4. The molecule has 1 aromatic carbocycles. The standard InChI is InChI=1S/C10H17N3O4S2/c1-10(2,3)13-19(16,17)12-8-6-4-5-7-9(8)18(11,14)15/h4-7,12-13H,1-3H3,(H2,11,14,15). The van der Waals surface area contributed by atoms with Crippen LogP contribution < -0.4 is 14.6 Å². The Hall–Kier alpha value is -1.16. The predicted octanol–water partition coefficient (Wildman–Crippen LogP) is 0.379. The van der Waals surface area contributed by atoms with E-state index in [9.17, 15) is 16.8 Å². The van der Waals surface area contributed by atoms with Crippen LogP contribution in [0.4, 0.5) is 5.69 Å². The minimum atomic E-state index is -4.00. The zero-order valence-electron chi connectivity index (χ0n) is 10.8. The Morgan fingerprint density at radius 1 is 1.05 bits per heavy atom. The second-order valence-corrected chi connectivity index (χ2v) is 7.94. The first-order valence-corrected chi connectivity index (χ1v) is 8.37. The van der Waals surface area contributed by atoms with E-state index < -0.39 is 25.8 Å². The Balaban J connectivity index is 3.15. The summed E-state index contributed by atoms with van der Waals surface area (Å²) in [6, 6.07) is 5.50. The number of anilines is 1. The Kier molecular flexibility index (Phi) is 4.25. The van der Waals surface area contributed by atoms with Gasteiger partial charge >= 0.3 is 0 Å². The molecule has 19 heavy (non-hydrogen) atoms. The molecule has 0 saturated heterocycles. The van der Waals surface area contributed by atoms with Crippen LogP contribution in [0, 0.1) is 0 Å². The lowest BCUT2D eigenvalue weighted by Gasteiger charge is -2.21. The monoisotopic (exact) mass is 307 g/mol. The molecule has 0 aromatic heterocycles. The number of nitrogens with two attached hydrogens (primary N) is 1. The second kappa shape index (κ2) is 5.08. The van der Waals surface area contributed by atoms with Gasteiger partial charge in [-0.1, -0.05) is 12.1 Å². The molecule has 1 aromatic rings. The average Bonchev–Trinajstić information content (AvgIpc) is 2.11. The van der Waals surface area contributed by atoms with Crippen LogP contribution in [0.25, 0.3) is 0 Å². The molecule has 0 spiro atoms. The van der Waals surface area contributed by atoms with Gasteiger partial charge in [0.15, 0.2) is 0 Å². The van der Waals surface area contributed by atoms with Gasteiger partial charge in [0.1, 0.15) is 4.90 Å². The second-order valence-electron chi connectivity index (χ2n) is 5.00. The van der Waals surface area contributed by atoms with E-state index in [1.165, 1.54) is 24.3 Å². The van der Waals surface area contributed by atoms with Crippen molar-refractivity contribution < 1.29 is 16.8 Å². The molecule has 4 N–H and O–H groups in total. The molecule has 0 radical (unpaired) electrons. The van der Waals surface area contributed by atoms with Crippen LogP contribution in [0.5, 0.6) is 0 Å². The maximum Gasteiger partial charge on any atom is 0.299 e. The lowest BCUT2D eigenvalue weighted by atomic mass is 10.1. The van der Waals surface area contributed by atoms with Crippen molar-refractivity contribution in [2.24, 2.45) is 5.14 Å². The van der Waals surface area contributed by atoms with Crippen LogP contribution >= 0.6 is 0 Å². The molecule has 1 rings (SSSR count). The van der Waals surface area contributed by atoms with Gasteiger partial charge in [-0.05, 0) is 32.9 Å². The number of para-hydroxylation sites is 1. The van der Waals surface area contributed by atoms with Gasteiger partial charge in [-0.25, -0.2) is 13.6 Å². The highest BCUT2D eigenvalue weighted by Gasteiger charge is 2.22. The fourth-order valence-electron chi connectivity index (χ4n) is 1.37. The maximum absolute atomic E-state index is 11.8. The number of hydrogen-bond donors (Lipinski definition) is 3. The summed E-state index contributed by atoms with van der Waals surface area (Å²) in [5.41, 5.74) is -0.788. The first kappa shape index (κ1) is 15.9. The minimum Gasteiger partial charge on any atom is -0.270 e. The number of primary sulfonamides is 1. The molecular formula is C10H17N3O4S2.